The van der Waals surface area contributed by atoms with Gasteiger partial charge in [0.15, 0.2) is 0 Å². The predicted molar refractivity (Wildman–Crippen MR) is 86.6 cm³/mol. The second kappa shape index (κ2) is 6.12. The Bertz CT molecular complexity index is 786. The Morgan fingerprint density at radius 3 is 2.96 bits per heavy atom. The van der Waals surface area contributed by atoms with Crippen molar-refractivity contribution in [1.82, 2.24) is 9.97 Å². The van der Waals surface area contributed by atoms with Crippen LogP contribution < -0.4 is 10.1 Å². The predicted octanol–water partition coefficient (Wildman–Crippen LogP) is 4.35. The number of ether oxygens (including phenoxy) is 1. The number of rotatable bonds is 4. The van der Waals surface area contributed by atoms with E-state index in [1.807, 2.05) is 36.4 Å². The molecule has 2 heterocycles. The molecule has 3 aromatic rings. The molecule has 5 nitrogen and oxygen atoms in total. The Morgan fingerprint density at radius 2 is 2.04 bits per heavy atom. The third-order valence-corrected chi connectivity index (χ3v) is 3.94. The zero-order valence-electron chi connectivity index (χ0n) is 12.6. The smallest absolute Gasteiger partial charge is 0.226 e. The van der Waals surface area contributed by atoms with Crippen LogP contribution in [0, 0.1) is 0 Å². The number of anilines is 1. The van der Waals surface area contributed by atoms with Crippen molar-refractivity contribution < 1.29 is 9.15 Å². The fourth-order valence-corrected chi connectivity index (χ4v) is 2.86. The van der Waals surface area contributed by atoms with Crippen molar-refractivity contribution in [3.05, 3.63) is 66.2 Å². The minimum atomic E-state index is 0.112. The summed E-state index contributed by atoms with van der Waals surface area (Å²) in [5.74, 6) is 2.81. The molecule has 0 amide bonds. The summed E-state index contributed by atoms with van der Waals surface area (Å²) >= 11 is 0. The summed E-state index contributed by atoms with van der Waals surface area (Å²) in [5.41, 5.74) is 1.27. The van der Waals surface area contributed by atoms with Crippen LogP contribution in [0.4, 0.5) is 5.95 Å². The van der Waals surface area contributed by atoms with E-state index in [1.54, 1.807) is 18.5 Å². The number of benzene rings is 1. The normalized spacial score (nSPS) is 16.6. The van der Waals surface area contributed by atoms with Gasteiger partial charge in [-0.25, -0.2) is 4.98 Å². The van der Waals surface area contributed by atoms with E-state index in [0.29, 0.717) is 11.8 Å². The molecular formula is C18H17N3O2. The number of nitrogens with zero attached hydrogens (tertiary/aromatic N) is 2. The lowest BCUT2D eigenvalue weighted by atomic mass is 9.94. The van der Waals surface area contributed by atoms with Gasteiger partial charge < -0.3 is 14.5 Å². The van der Waals surface area contributed by atoms with E-state index in [4.69, 9.17) is 9.15 Å². The number of furan rings is 1. The average molecular weight is 307 g/mol. The molecule has 1 aliphatic rings. The van der Waals surface area contributed by atoms with E-state index in [9.17, 15) is 0 Å². The van der Waals surface area contributed by atoms with Crippen LogP contribution in [0.2, 0.25) is 0 Å². The first-order valence-corrected chi connectivity index (χ1v) is 7.77. The van der Waals surface area contributed by atoms with Crippen molar-refractivity contribution in [2.45, 2.75) is 25.3 Å². The van der Waals surface area contributed by atoms with Gasteiger partial charge in [-0.1, -0.05) is 18.2 Å². The lowest BCUT2D eigenvalue weighted by molar-refractivity contribution is 0.434. The largest absolute Gasteiger partial charge is 0.467 e. The summed E-state index contributed by atoms with van der Waals surface area (Å²) in [6, 6.07) is 13.5. The summed E-state index contributed by atoms with van der Waals surface area (Å²) < 4.78 is 11.4. The second-order valence-corrected chi connectivity index (χ2v) is 5.53. The number of fused-ring (bicyclic) bond motifs is 1. The summed E-state index contributed by atoms with van der Waals surface area (Å²) in [5, 5.41) is 3.35. The van der Waals surface area contributed by atoms with Crippen LogP contribution in [0.5, 0.6) is 11.6 Å². The molecule has 0 spiro atoms. The molecule has 23 heavy (non-hydrogen) atoms. The van der Waals surface area contributed by atoms with E-state index in [1.165, 1.54) is 5.56 Å². The molecule has 1 N–H and O–H groups in total. The van der Waals surface area contributed by atoms with Crippen LogP contribution in [-0.2, 0) is 6.42 Å². The molecule has 1 aromatic carbocycles. The van der Waals surface area contributed by atoms with Crippen LogP contribution in [-0.4, -0.2) is 9.97 Å². The lowest BCUT2D eigenvalue weighted by Gasteiger charge is -2.22. The Morgan fingerprint density at radius 1 is 1.13 bits per heavy atom. The first kappa shape index (κ1) is 13.8. The van der Waals surface area contributed by atoms with Crippen molar-refractivity contribution >= 4 is 5.95 Å². The van der Waals surface area contributed by atoms with E-state index in [2.05, 4.69) is 15.3 Å². The molecule has 0 aliphatic heterocycles. The molecule has 1 aliphatic carbocycles. The van der Waals surface area contributed by atoms with Crippen molar-refractivity contribution in [2.75, 3.05) is 5.32 Å². The summed E-state index contributed by atoms with van der Waals surface area (Å²) in [4.78, 5) is 8.72. The van der Waals surface area contributed by atoms with Crippen molar-refractivity contribution in [1.29, 1.82) is 0 Å². The quantitative estimate of drug-likeness (QED) is 0.776. The first-order chi connectivity index (χ1) is 11.4. The molecule has 0 saturated carbocycles. The Hall–Kier alpha value is -2.82. The molecule has 116 valence electrons. The molecule has 0 radical (unpaired) electrons. The lowest BCUT2D eigenvalue weighted by Crippen LogP contribution is -2.17. The van der Waals surface area contributed by atoms with E-state index in [0.717, 1.165) is 30.8 Å². The van der Waals surface area contributed by atoms with Crippen molar-refractivity contribution in [3.8, 4) is 11.6 Å². The maximum absolute atomic E-state index is 5.75. The van der Waals surface area contributed by atoms with Crippen LogP contribution in [0.3, 0.4) is 0 Å². The Balaban J connectivity index is 1.51. The standard InChI is InChI=1S/C18H17N3O2/c1-2-6-14(7-3-1)23-16-9-11-19-18(21-16)20-15-8-4-5-13-10-12-22-17(13)15/h1-3,6-7,9-12,15H,4-5,8H2,(H,19,20,21). The molecule has 2 aromatic heterocycles. The molecule has 4 rings (SSSR count). The molecule has 0 bridgehead atoms. The van der Waals surface area contributed by atoms with Gasteiger partial charge in [-0.15, -0.1) is 0 Å². The molecule has 1 atom stereocenters. The van der Waals surface area contributed by atoms with Gasteiger partial charge in [-0.2, -0.15) is 4.98 Å². The third-order valence-electron chi connectivity index (χ3n) is 3.94. The van der Waals surface area contributed by atoms with E-state index in [-0.39, 0.29) is 6.04 Å². The number of hydrogen-bond donors (Lipinski definition) is 1. The first-order valence-electron chi connectivity index (χ1n) is 7.77. The maximum atomic E-state index is 5.75. The maximum Gasteiger partial charge on any atom is 0.226 e. The van der Waals surface area contributed by atoms with Gasteiger partial charge in [0.25, 0.3) is 0 Å². The number of aromatic nitrogens is 2. The fourth-order valence-electron chi connectivity index (χ4n) is 2.86. The Labute approximate surface area is 134 Å². The highest BCUT2D eigenvalue weighted by Crippen LogP contribution is 2.32. The van der Waals surface area contributed by atoms with Crippen molar-refractivity contribution in [2.24, 2.45) is 0 Å². The molecule has 0 saturated heterocycles. The minimum absolute atomic E-state index is 0.112. The zero-order chi connectivity index (χ0) is 15.5. The van der Waals surface area contributed by atoms with Crippen LogP contribution >= 0.6 is 0 Å². The highest BCUT2D eigenvalue weighted by Gasteiger charge is 2.23. The minimum Gasteiger partial charge on any atom is -0.467 e. The van der Waals surface area contributed by atoms with Crippen LogP contribution in [0.1, 0.15) is 30.2 Å². The summed E-state index contributed by atoms with van der Waals surface area (Å²) in [6.45, 7) is 0. The molecular weight excluding hydrogens is 290 g/mol. The number of aryl methyl sites for hydroxylation is 1. The molecule has 1 unspecified atom stereocenters. The topological polar surface area (TPSA) is 60.2 Å². The van der Waals surface area contributed by atoms with Gasteiger partial charge in [-0.05, 0) is 43.0 Å². The van der Waals surface area contributed by atoms with Gasteiger partial charge in [-0.3, -0.25) is 0 Å². The number of nitrogens with one attached hydrogen (secondary N) is 1. The Kier molecular flexibility index (Phi) is 3.68. The third kappa shape index (κ3) is 3.04. The monoisotopic (exact) mass is 307 g/mol. The van der Waals surface area contributed by atoms with Gasteiger partial charge in [0.2, 0.25) is 11.8 Å². The van der Waals surface area contributed by atoms with Gasteiger partial charge in [0, 0.05) is 12.3 Å². The van der Waals surface area contributed by atoms with Gasteiger partial charge in [0.05, 0.1) is 12.3 Å². The summed E-state index contributed by atoms with van der Waals surface area (Å²) in [7, 11) is 0. The summed E-state index contributed by atoms with van der Waals surface area (Å²) in [6.07, 6.45) is 6.65. The zero-order valence-corrected chi connectivity index (χ0v) is 12.6. The second-order valence-electron chi connectivity index (χ2n) is 5.53. The number of para-hydroxylation sites is 1. The fraction of sp³-hybridized carbons (Fsp3) is 0.222. The van der Waals surface area contributed by atoms with Gasteiger partial charge >= 0.3 is 0 Å². The SMILES string of the molecule is c1ccc(Oc2ccnc(NC3CCCc4ccoc43)n2)cc1. The van der Waals surface area contributed by atoms with Gasteiger partial charge in [0.1, 0.15) is 11.5 Å². The number of hydrogen-bond acceptors (Lipinski definition) is 5. The van der Waals surface area contributed by atoms with Crippen LogP contribution in [0.15, 0.2) is 59.3 Å². The molecule has 0 fully saturated rings. The van der Waals surface area contributed by atoms with E-state index < -0.39 is 0 Å². The molecule has 5 heteroatoms. The van der Waals surface area contributed by atoms with E-state index >= 15 is 0 Å². The van der Waals surface area contributed by atoms with Crippen molar-refractivity contribution in [3.63, 3.8) is 0 Å². The van der Waals surface area contributed by atoms with Crippen LogP contribution in [0.25, 0.3) is 0 Å². The highest BCUT2D eigenvalue weighted by atomic mass is 16.5. The average Bonchev–Trinajstić information content (AvgIpc) is 3.06. The highest BCUT2D eigenvalue weighted by molar-refractivity contribution is 5.36.